The summed E-state index contributed by atoms with van der Waals surface area (Å²) in [5.41, 5.74) is 7.79. The summed E-state index contributed by atoms with van der Waals surface area (Å²) >= 11 is 6.01. The molecule has 0 amide bonds. The summed E-state index contributed by atoms with van der Waals surface area (Å²) in [4.78, 5) is 2.34. The lowest BCUT2D eigenvalue weighted by molar-refractivity contribution is 0.569. The topological polar surface area (TPSA) is 29.3 Å². The molecule has 0 aromatic heterocycles. The Hall–Kier alpha value is -0.890. The van der Waals surface area contributed by atoms with E-state index in [1.54, 1.807) is 0 Å². The van der Waals surface area contributed by atoms with Crippen molar-refractivity contribution in [1.29, 1.82) is 0 Å². The number of benzene rings is 1. The van der Waals surface area contributed by atoms with Gasteiger partial charge >= 0.3 is 0 Å². The molecule has 1 unspecified atom stereocenters. The lowest BCUT2D eigenvalue weighted by Gasteiger charge is -2.20. The average molecular weight is 225 g/mol. The molecule has 82 valence electrons. The van der Waals surface area contributed by atoms with Gasteiger partial charge in [-0.1, -0.05) is 31.0 Å². The molecule has 2 rings (SSSR count). The molecule has 1 aromatic carbocycles. The van der Waals surface area contributed by atoms with E-state index in [2.05, 4.69) is 17.9 Å². The van der Waals surface area contributed by atoms with Crippen molar-refractivity contribution in [3.05, 3.63) is 23.2 Å². The molecular weight excluding hydrogens is 208 g/mol. The number of nitrogen functional groups attached to an aromatic ring is 1. The maximum Gasteiger partial charge on any atom is 0.0741 e. The SMILES string of the molecule is CCC1CCN(c2cccc(Cl)c2N)C1. The maximum absolute atomic E-state index is 6.01. The Labute approximate surface area is 96.0 Å². The molecule has 1 aliphatic heterocycles. The Kier molecular flexibility index (Phi) is 3.06. The number of anilines is 2. The van der Waals surface area contributed by atoms with Crippen LogP contribution in [0.2, 0.25) is 5.02 Å². The zero-order valence-electron chi connectivity index (χ0n) is 9.04. The van der Waals surface area contributed by atoms with Crippen molar-refractivity contribution in [2.24, 2.45) is 5.92 Å². The molecule has 1 fully saturated rings. The number of hydrogen-bond donors (Lipinski definition) is 1. The van der Waals surface area contributed by atoms with Crippen LogP contribution in [-0.2, 0) is 0 Å². The zero-order valence-corrected chi connectivity index (χ0v) is 9.80. The first kappa shape index (κ1) is 10.6. The van der Waals surface area contributed by atoms with Crippen LogP contribution >= 0.6 is 11.6 Å². The zero-order chi connectivity index (χ0) is 10.8. The quantitative estimate of drug-likeness (QED) is 0.782. The molecule has 1 atom stereocenters. The number of para-hydroxylation sites is 1. The van der Waals surface area contributed by atoms with Crippen LogP contribution in [0, 0.1) is 5.92 Å². The van der Waals surface area contributed by atoms with Gasteiger partial charge in [-0.3, -0.25) is 0 Å². The van der Waals surface area contributed by atoms with E-state index in [0.29, 0.717) is 5.02 Å². The first-order valence-corrected chi connectivity index (χ1v) is 5.89. The Balaban J connectivity index is 2.20. The molecule has 2 N–H and O–H groups in total. The van der Waals surface area contributed by atoms with Crippen LogP contribution in [0.3, 0.4) is 0 Å². The Bertz CT molecular complexity index is 351. The Morgan fingerprint density at radius 2 is 2.33 bits per heavy atom. The van der Waals surface area contributed by atoms with Crippen LogP contribution in [-0.4, -0.2) is 13.1 Å². The van der Waals surface area contributed by atoms with Crippen molar-refractivity contribution in [2.75, 3.05) is 23.7 Å². The monoisotopic (exact) mass is 224 g/mol. The number of rotatable bonds is 2. The van der Waals surface area contributed by atoms with Crippen LogP contribution in [0.15, 0.2) is 18.2 Å². The highest BCUT2D eigenvalue weighted by Crippen LogP contribution is 2.33. The largest absolute Gasteiger partial charge is 0.396 e. The first-order valence-electron chi connectivity index (χ1n) is 5.51. The summed E-state index contributed by atoms with van der Waals surface area (Å²) in [5.74, 6) is 0.809. The molecule has 1 heterocycles. The molecule has 0 radical (unpaired) electrons. The predicted molar refractivity (Wildman–Crippen MR) is 66.5 cm³/mol. The summed E-state index contributed by atoms with van der Waals surface area (Å²) in [5, 5.41) is 0.660. The molecule has 1 aromatic rings. The average Bonchev–Trinajstić information content (AvgIpc) is 2.70. The number of hydrogen-bond acceptors (Lipinski definition) is 2. The molecule has 0 spiro atoms. The molecule has 15 heavy (non-hydrogen) atoms. The third-order valence-corrected chi connectivity index (χ3v) is 3.56. The van der Waals surface area contributed by atoms with Crippen LogP contribution in [0.1, 0.15) is 19.8 Å². The van der Waals surface area contributed by atoms with Crippen molar-refractivity contribution in [1.82, 2.24) is 0 Å². The van der Waals surface area contributed by atoms with Crippen LogP contribution in [0.5, 0.6) is 0 Å². The predicted octanol–water partition coefficient (Wildman–Crippen LogP) is 3.16. The van der Waals surface area contributed by atoms with E-state index in [9.17, 15) is 0 Å². The van der Waals surface area contributed by atoms with Gasteiger partial charge in [-0.25, -0.2) is 0 Å². The number of halogens is 1. The van der Waals surface area contributed by atoms with Crippen molar-refractivity contribution >= 4 is 23.0 Å². The molecular formula is C12H17ClN2. The lowest BCUT2D eigenvalue weighted by atomic mass is 10.1. The van der Waals surface area contributed by atoms with E-state index in [1.807, 2.05) is 12.1 Å². The van der Waals surface area contributed by atoms with Crippen molar-refractivity contribution in [3.8, 4) is 0 Å². The molecule has 3 heteroatoms. The van der Waals surface area contributed by atoms with E-state index in [1.165, 1.54) is 12.8 Å². The summed E-state index contributed by atoms with van der Waals surface area (Å²) in [6, 6.07) is 5.86. The highest BCUT2D eigenvalue weighted by Gasteiger charge is 2.22. The molecule has 2 nitrogen and oxygen atoms in total. The summed E-state index contributed by atoms with van der Waals surface area (Å²) in [6.07, 6.45) is 2.51. The number of nitrogens with zero attached hydrogens (tertiary/aromatic N) is 1. The molecule has 1 saturated heterocycles. The van der Waals surface area contributed by atoms with Gasteiger partial charge in [-0.2, -0.15) is 0 Å². The number of nitrogens with two attached hydrogens (primary N) is 1. The van der Waals surface area contributed by atoms with Gasteiger partial charge in [0.05, 0.1) is 16.4 Å². The van der Waals surface area contributed by atoms with Crippen molar-refractivity contribution < 1.29 is 0 Å². The van der Waals surface area contributed by atoms with Crippen molar-refractivity contribution in [3.63, 3.8) is 0 Å². The molecule has 0 aliphatic carbocycles. The minimum Gasteiger partial charge on any atom is -0.396 e. The van der Waals surface area contributed by atoms with Gasteiger partial charge in [-0.15, -0.1) is 0 Å². The van der Waals surface area contributed by atoms with Crippen LogP contribution in [0.25, 0.3) is 0 Å². The highest BCUT2D eigenvalue weighted by molar-refractivity contribution is 6.33. The van der Waals surface area contributed by atoms with Gasteiger partial charge in [0.2, 0.25) is 0 Å². The standard InChI is InChI=1S/C12H17ClN2/c1-2-9-6-7-15(8-9)11-5-3-4-10(13)12(11)14/h3-5,9H,2,6-8,14H2,1H3. The van der Waals surface area contributed by atoms with Gasteiger partial charge in [-0.05, 0) is 24.5 Å². The normalized spacial score (nSPS) is 20.9. The second kappa shape index (κ2) is 4.31. The Morgan fingerprint density at radius 1 is 1.53 bits per heavy atom. The second-order valence-corrected chi connectivity index (χ2v) is 4.59. The molecule has 1 aliphatic rings. The third-order valence-electron chi connectivity index (χ3n) is 3.23. The van der Waals surface area contributed by atoms with E-state index in [-0.39, 0.29) is 0 Å². The minimum atomic E-state index is 0.660. The van der Waals surface area contributed by atoms with Gasteiger partial charge in [0.1, 0.15) is 0 Å². The fourth-order valence-electron chi connectivity index (χ4n) is 2.19. The second-order valence-electron chi connectivity index (χ2n) is 4.18. The maximum atomic E-state index is 6.01. The van der Waals surface area contributed by atoms with Gasteiger partial charge in [0, 0.05) is 13.1 Å². The lowest BCUT2D eigenvalue weighted by Crippen LogP contribution is -2.20. The third kappa shape index (κ3) is 2.05. The fraction of sp³-hybridized carbons (Fsp3) is 0.500. The molecule has 0 bridgehead atoms. The summed E-state index contributed by atoms with van der Waals surface area (Å²) < 4.78 is 0. The van der Waals surface area contributed by atoms with E-state index in [4.69, 9.17) is 17.3 Å². The highest BCUT2D eigenvalue weighted by atomic mass is 35.5. The van der Waals surface area contributed by atoms with Gasteiger partial charge < -0.3 is 10.6 Å². The van der Waals surface area contributed by atoms with E-state index < -0.39 is 0 Å². The summed E-state index contributed by atoms with van der Waals surface area (Å²) in [7, 11) is 0. The van der Waals surface area contributed by atoms with Crippen LogP contribution < -0.4 is 10.6 Å². The van der Waals surface area contributed by atoms with Crippen LogP contribution in [0.4, 0.5) is 11.4 Å². The van der Waals surface area contributed by atoms with Gasteiger partial charge in [0.25, 0.3) is 0 Å². The molecule has 0 saturated carbocycles. The Morgan fingerprint density at radius 3 is 3.00 bits per heavy atom. The minimum absolute atomic E-state index is 0.660. The smallest absolute Gasteiger partial charge is 0.0741 e. The van der Waals surface area contributed by atoms with Gasteiger partial charge in [0.15, 0.2) is 0 Å². The van der Waals surface area contributed by atoms with E-state index in [0.717, 1.165) is 30.4 Å². The van der Waals surface area contributed by atoms with E-state index >= 15 is 0 Å². The summed E-state index contributed by atoms with van der Waals surface area (Å²) in [6.45, 7) is 4.46. The fourth-order valence-corrected chi connectivity index (χ4v) is 2.36. The van der Waals surface area contributed by atoms with Crippen molar-refractivity contribution in [2.45, 2.75) is 19.8 Å². The first-order chi connectivity index (χ1) is 7.22.